The Hall–Kier alpha value is 0.300. The van der Waals surface area contributed by atoms with Crippen LogP contribution in [0.2, 0.25) is 0 Å². The average molecular weight is 291 g/mol. The van der Waals surface area contributed by atoms with Gasteiger partial charge < -0.3 is 4.90 Å². The van der Waals surface area contributed by atoms with Gasteiger partial charge in [-0.05, 0) is 6.42 Å². The second kappa shape index (κ2) is 7.59. The van der Waals surface area contributed by atoms with Gasteiger partial charge in [0.25, 0.3) is 9.63 Å². The molecule has 3 nitrogen and oxygen atoms in total. The minimum absolute atomic E-state index is 0.327. The van der Waals surface area contributed by atoms with E-state index in [1.165, 1.54) is 4.90 Å². The highest BCUT2D eigenvalue weighted by Gasteiger charge is 2.33. The molecular formula is C10H22Cl3N3+2. The Balaban J connectivity index is 4.48. The monoisotopic (exact) mass is 289 g/mol. The summed E-state index contributed by atoms with van der Waals surface area (Å²) in [6.07, 6.45) is 2.01. The molecule has 0 aromatic rings. The first-order valence-corrected chi connectivity index (χ1v) is 6.66. The first-order valence-electron chi connectivity index (χ1n) is 5.52. The van der Waals surface area contributed by atoms with Crippen molar-refractivity contribution >= 4 is 40.6 Å². The Bertz CT molecular complexity index is 234. The number of hydrogen-bond acceptors (Lipinski definition) is 0. The summed E-state index contributed by atoms with van der Waals surface area (Å²) in [5.41, 5.74) is 5.84. The van der Waals surface area contributed by atoms with Gasteiger partial charge in [-0.15, -0.1) is 0 Å². The zero-order chi connectivity index (χ0) is 12.8. The number of nitrogens with one attached hydrogen (secondary N) is 1. The smallest absolute Gasteiger partial charge is 0.295 e. The normalized spacial score (nSPS) is 14.2. The van der Waals surface area contributed by atoms with Crippen LogP contribution in [0.15, 0.2) is 0 Å². The molecule has 0 fully saturated rings. The van der Waals surface area contributed by atoms with Crippen molar-refractivity contribution in [1.82, 2.24) is 0 Å². The molecule has 0 heterocycles. The standard InChI is InChI=1S/C10H20Cl3N3/c1-4-6-16(8-5-7-15(2)3)9(14)10(11,12)13/h14H,4-8H2,1-3H3/p+2. The van der Waals surface area contributed by atoms with E-state index in [1.54, 1.807) is 0 Å². The van der Waals surface area contributed by atoms with Crippen LogP contribution in [0.3, 0.4) is 0 Å². The first-order chi connectivity index (χ1) is 7.29. The highest BCUT2D eigenvalue weighted by atomic mass is 35.6. The second-order valence-corrected chi connectivity index (χ2v) is 6.46. The van der Waals surface area contributed by atoms with Crippen molar-refractivity contribution in [3.8, 4) is 0 Å². The second-order valence-electron chi connectivity index (χ2n) is 4.18. The van der Waals surface area contributed by atoms with Gasteiger partial charge in [0.05, 0.1) is 33.7 Å². The number of alkyl halides is 3. The van der Waals surface area contributed by atoms with Gasteiger partial charge in [-0.3, -0.25) is 10.3 Å². The molecule has 0 rings (SSSR count). The molecule has 0 aliphatic rings. The zero-order valence-electron chi connectivity index (χ0n) is 10.2. The van der Waals surface area contributed by atoms with Crippen LogP contribution in [-0.2, 0) is 0 Å². The molecule has 0 saturated carbocycles. The summed E-state index contributed by atoms with van der Waals surface area (Å²) in [5, 5.41) is 0. The summed E-state index contributed by atoms with van der Waals surface area (Å²) < 4.78 is 0.454. The van der Waals surface area contributed by atoms with Crippen molar-refractivity contribution in [3.63, 3.8) is 0 Å². The molecule has 16 heavy (non-hydrogen) atoms. The van der Waals surface area contributed by atoms with E-state index in [1.807, 2.05) is 4.58 Å². The lowest BCUT2D eigenvalue weighted by Crippen LogP contribution is -3.05. The largest absolute Gasteiger partial charge is 0.340 e. The van der Waals surface area contributed by atoms with Crippen molar-refractivity contribution in [2.24, 2.45) is 5.73 Å². The van der Waals surface area contributed by atoms with Crippen molar-refractivity contribution in [1.29, 1.82) is 0 Å². The maximum absolute atomic E-state index is 5.84. The van der Waals surface area contributed by atoms with Gasteiger partial charge in [0, 0.05) is 6.42 Å². The average Bonchev–Trinajstić information content (AvgIpc) is 2.13. The van der Waals surface area contributed by atoms with Crippen LogP contribution >= 0.6 is 34.8 Å². The van der Waals surface area contributed by atoms with Gasteiger partial charge in [-0.25, -0.2) is 0 Å². The van der Waals surface area contributed by atoms with Crippen LogP contribution in [0.1, 0.15) is 19.8 Å². The maximum Gasteiger partial charge on any atom is 0.295 e. The Morgan fingerprint density at radius 2 is 1.81 bits per heavy atom. The van der Waals surface area contributed by atoms with Gasteiger partial charge in [0.1, 0.15) is 0 Å². The van der Waals surface area contributed by atoms with E-state index in [0.29, 0.717) is 5.84 Å². The summed E-state index contributed by atoms with van der Waals surface area (Å²) >= 11 is 17.3. The van der Waals surface area contributed by atoms with Gasteiger partial charge >= 0.3 is 0 Å². The highest BCUT2D eigenvalue weighted by molar-refractivity contribution is 6.76. The number of quaternary nitrogens is 1. The van der Waals surface area contributed by atoms with Crippen molar-refractivity contribution in [2.75, 3.05) is 33.7 Å². The SMILES string of the molecule is CCC[N+](CCC[NH+](C)C)=C(N)C(Cl)(Cl)Cl. The summed E-state index contributed by atoms with van der Waals surface area (Å²) in [4.78, 5) is 1.41. The fraction of sp³-hybridized carbons (Fsp3) is 0.900. The summed E-state index contributed by atoms with van der Waals surface area (Å²) in [6.45, 7) is 4.81. The molecule has 0 atom stereocenters. The number of hydrogen-bond donors (Lipinski definition) is 2. The number of halogens is 3. The third kappa shape index (κ3) is 6.79. The molecule has 0 aliphatic heterocycles. The number of amidine groups is 1. The maximum atomic E-state index is 5.84. The minimum atomic E-state index is -1.50. The first kappa shape index (κ1) is 16.3. The number of nitrogens with two attached hydrogens (primary N) is 1. The predicted molar refractivity (Wildman–Crippen MR) is 72.1 cm³/mol. The molecule has 3 N–H and O–H groups in total. The van der Waals surface area contributed by atoms with Crippen LogP contribution in [0, 0.1) is 0 Å². The molecule has 0 unspecified atom stereocenters. The molecule has 0 amide bonds. The van der Waals surface area contributed by atoms with E-state index in [2.05, 4.69) is 21.0 Å². The Kier molecular flexibility index (Phi) is 7.73. The lowest BCUT2D eigenvalue weighted by atomic mass is 10.3. The fourth-order valence-electron chi connectivity index (χ4n) is 1.43. The quantitative estimate of drug-likeness (QED) is 0.321. The van der Waals surface area contributed by atoms with E-state index in [0.717, 1.165) is 32.5 Å². The highest BCUT2D eigenvalue weighted by Crippen LogP contribution is 2.25. The van der Waals surface area contributed by atoms with E-state index < -0.39 is 3.79 Å². The predicted octanol–water partition coefficient (Wildman–Crippen LogP) is 0.671. The van der Waals surface area contributed by atoms with Gasteiger partial charge in [-0.2, -0.15) is 0 Å². The summed E-state index contributed by atoms with van der Waals surface area (Å²) in [6, 6.07) is 0. The van der Waals surface area contributed by atoms with E-state index >= 15 is 0 Å². The molecule has 0 saturated heterocycles. The summed E-state index contributed by atoms with van der Waals surface area (Å²) in [7, 11) is 4.23. The lowest BCUT2D eigenvalue weighted by Gasteiger charge is -2.14. The molecule has 0 aliphatic carbocycles. The van der Waals surface area contributed by atoms with E-state index in [4.69, 9.17) is 40.5 Å². The lowest BCUT2D eigenvalue weighted by molar-refractivity contribution is -0.859. The van der Waals surface area contributed by atoms with Crippen LogP contribution in [-0.4, -0.2) is 47.9 Å². The van der Waals surface area contributed by atoms with Crippen LogP contribution in [0.25, 0.3) is 0 Å². The molecule has 0 radical (unpaired) electrons. The third-order valence-electron chi connectivity index (χ3n) is 2.23. The molecule has 6 heteroatoms. The van der Waals surface area contributed by atoms with Crippen LogP contribution in [0.4, 0.5) is 0 Å². The molecular weight excluding hydrogens is 268 g/mol. The van der Waals surface area contributed by atoms with Crippen LogP contribution < -0.4 is 10.6 Å². The van der Waals surface area contributed by atoms with Crippen molar-refractivity contribution in [3.05, 3.63) is 0 Å². The third-order valence-corrected chi connectivity index (χ3v) is 2.81. The van der Waals surface area contributed by atoms with E-state index in [9.17, 15) is 0 Å². The van der Waals surface area contributed by atoms with E-state index in [-0.39, 0.29) is 0 Å². The van der Waals surface area contributed by atoms with Crippen molar-refractivity contribution in [2.45, 2.75) is 23.6 Å². The Morgan fingerprint density at radius 3 is 2.19 bits per heavy atom. The number of nitrogens with zero attached hydrogens (tertiary/aromatic N) is 1. The van der Waals surface area contributed by atoms with Gasteiger partial charge in [0.15, 0.2) is 0 Å². The molecule has 0 aromatic heterocycles. The van der Waals surface area contributed by atoms with Gasteiger partial charge in [0.2, 0.25) is 0 Å². The van der Waals surface area contributed by atoms with Crippen molar-refractivity contribution < 1.29 is 9.48 Å². The molecule has 0 bridgehead atoms. The minimum Gasteiger partial charge on any atom is -0.340 e. The molecule has 96 valence electrons. The molecule has 0 aromatic carbocycles. The number of rotatable bonds is 6. The Labute approximate surface area is 113 Å². The molecule has 0 spiro atoms. The van der Waals surface area contributed by atoms with Gasteiger partial charge in [-0.1, -0.05) is 41.7 Å². The summed E-state index contributed by atoms with van der Waals surface area (Å²) in [5.74, 6) is 0.327. The topological polar surface area (TPSA) is 33.5 Å². The fourth-order valence-corrected chi connectivity index (χ4v) is 1.78. The van der Waals surface area contributed by atoms with Crippen LogP contribution in [0.5, 0.6) is 0 Å². The Morgan fingerprint density at radius 1 is 1.25 bits per heavy atom. The zero-order valence-corrected chi connectivity index (χ0v) is 12.5.